The molecule has 1 heterocycles. The number of sulfonamides is 1. The number of hydrogen-bond donors (Lipinski definition) is 1. The molecule has 0 bridgehead atoms. The molecule has 0 spiro atoms. The van der Waals surface area contributed by atoms with Crippen molar-refractivity contribution in [3.05, 3.63) is 27.7 Å². The minimum absolute atomic E-state index is 0.167. The van der Waals surface area contributed by atoms with Crippen molar-refractivity contribution < 1.29 is 13.5 Å². The van der Waals surface area contributed by atoms with Gasteiger partial charge in [0.1, 0.15) is 0 Å². The van der Waals surface area contributed by atoms with Gasteiger partial charge in [0.25, 0.3) is 0 Å². The van der Waals surface area contributed by atoms with Crippen LogP contribution in [-0.2, 0) is 16.6 Å². The van der Waals surface area contributed by atoms with Crippen LogP contribution in [0, 0.1) is 12.8 Å². The molecule has 1 aromatic carbocycles. The predicted octanol–water partition coefficient (Wildman–Crippen LogP) is 3.06. The van der Waals surface area contributed by atoms with E-state index in [0.29, 0.717) is 35.0 Å². The van der Waals surface area contributed by atoms with Crippen molar-refractivity contribution in [3.8, 4) is 0 Å². The van der Waals surface area contributed by atoms with E-state index in [4.69, 9.17) is 0 Å². The zero-order chi connectivity index (χ0) is 15.6. The molecule has 1 N–H and O–H groups in total. The Morgan fingerprint density at radius 3 is 2.76 bits per heavy atom. The molecule has 1 aliphatic rings. The van der Waals surface area contributed by atoms with Crippen molar-refractivity contribution >= 4 is 26.0 Å². The van der Waals surface area contributed by atoms with E-state index in [1.165, 1.54) is 0 Å². The number of aliphatic hydroxyl groups is 1. The molecule has 1 atom stereocenters. The lowest BCUT2D eigenvalue weighted by molar-refractivity contribution is 0.281. The van der Waals surface area contributed by atoms with Gasteiger partial charge in [0.15, 0.2) is 0 Å². The fourth-order valence-corrected chi connectivity index (χ4v) is 5.33. The summed E-state index contributed by atoms with van der Waals surface area (Å²) in [7, 11) is -3.48. The van der Waals surface area contributed by atoms with Crippen LogP contribution in [0.15, 0.2) is 21.5 Å². The summed E-state index contributed by atoms with van der Waals surface area (Å²) in [5.74, 6) is 0.467. The van der Waals surface area contributed by atoms with E-state index in [0.717, 1.165) is 23.7 Å². The molecule has 1 saturated heterocycles. The maximum Gasteiger partial charge on any atom is 0.243 e. The van der Waals surface area contributed by atoms with Crippen molar-refractivity contribution in [2.75, 3.05) is 13.1 Å². The molecule has 0 amide bonds. The Bertz CT molecular complexity index is 616. The Hall–Kier alpha value is -0.430. The largest absolute Gasteiger partial charge is 0.392 e. The molecule has 1 unspecified atom stereocenters. The van der Waals surface area contributed by atoms with Gasteiger partial charge in [-0.2, -0.15) is 4.31 Å². The molecule has 2 rings (SSSR count). The van der Waals surface area contributed by atoms with Gasteiger partial charge in [-0.3, -0.25) is 0 Å². The lowest BCUT2D eigenvalue weighted by atomic mass is 10.0. The summed E-state index contributed by atoms with van der Waals surface area (Å²) < 4.78 is 28.0. The molecule has 4 nitrogen and oxygen atoms in total. The first-order chi connectivity index (χ1) is 9.90. The van der Waals surface area contributed by atoms with Gasteiger partial charge < -0.3 is 5.11 Å². The summed E-state index contributed by atoms with van der Waals surface area (Å²) in [6.45, 7) is 4.95. The molecular weight excluding hydrogens is 354 g/mol. The summed E-state index contributed by atoms with van der Waals surface area (Å²) in [6, 6.07) is 3.35. The minimum atomic E-state index is -3.48. The fourth-order valence-electron chi connectivity index (χ4n) is 2.86. The highest BCUT2D eigenvalue weighted by Gasteiger charge is 2.33. The zero-order valence-corrected chi connectivity index (χ0v) is 14.9. The third-order valence-corrected chi connectivity index (χ3v) is 6.92. The Morgan fingerprint density at radius 1 is 1.43 bits per heavy atom. The van der Waals surface area contributed by atoms with Crippen molar-refractivity contribution in [2.45, 2.75) is 44.6 Å². The summed E-state index contributed by atoms with van der Waals surface area (Å²) in [5.41, 5.74) is 1.31. The summed E-state index contributed by atoms with van der Waals surface area (Å²) in [6.07, 6.45) is 3.10. The molecule has 1 fully saturated rings. The van der Waals surface area contributed by atoms with Crippen LogP contribution in [0.2, 0.25) is 0 Å². The van der Waals surface area contributed by atoms with Crippen molar-refractivity contribution in [1.82, 2.24) is 4.31 Å². The molecule has 1 aromatic rings. The van der Waals surface area contributed by atoms with Crippen LogP contribution < -0.4 is 0 Å². The lowest BCUT2D eigenvalue weighted by Gasteiger charge is -2.19. The predicted molar refractivity (Wildman–Crippen MR) is 86.6 cm³/mol. The van der Waals surface area contributed by atoms with Crippen molar-refractivity contribution in [3.63, 3.8) is 0 Å². The molecule has 0 aliphatic carbocycles. The SMILES string of the molecule is CCCC1CCN(S(=O)(=O)c2cc(CO)cc(Br)c2C)C1. The third-order valence-electron chi connectivity index (χ3n) is 4.10. The number of aliphatic hydroxyl groups excluding tert-OH is 1. The second kappa shape index (κ2) is 6.77. The molecule has 118 valence electrons. The number of nitrogens with zero attached hydrogens (tertiary/aromatic N) is 1. The van der Waals surface area contributed by atoms with E-state index in [1.807, 2.05) is 0 Å². The van der Waals surface area contributed by atoms with Gasteiger partial charge >= 0.3 is 0 Å². The van der Waals surface area contributed by atoms with Crippen LogP contribution >= 0.6 is 15.9 Å². The highest BCUT2D eigenvalue weighted by Crippen LogP contribution is 2.31. The van der Waals surface area contributed by atoms with Crippen LogP contribution in [0.3, 0.4) is 0 Å². The highest BCUT2D eigenvalue weighted by atomic mass is 79.9. The van der Waals surface area contributed by atoms with Crippen LogP contribution in [0.25, 0.3) is 0 Å². The first-order valence-electron chi connectivity index (χ1n) is 7.30. The summed E-state index contributed by atoms with van der Waals surface area (Å²) in [4.78, 5) is 0.304. The maximum absolute atomic E-state index is 12.8. The quantitative estimate of drug-likeness (QED) is 0.859. The van der Waals surface area contributed by atoms with Gasteiger partial charge in [0.05, 0.1) is 11.5 Å². The van der Waals surface area contributed by atoms with Crippen LogP contribution in [0.4, 0.5) is 0 Å². The van der Waals surface area contributed by atoms with Crippen molar-refractivity contribution in [1.29, 1.82) is 0 Å². The van der Waals surface area contributed by atoms with Crippen LogP contribution in [0.5, 0.6) is 0 Å². The Labute approximate surface area is 135 Å². The zero-order valence-electron chi connectivity index (χ0n) is 12.5. The van der Waals surface area contributed by atoms with E-state index < -0.39 is 10.0 Å². The van der Waals surface area contributed by atoms with Crippen LogP contribution in [0.1, 0.15) is 37.3 Å². The van der Waals surface area contributed by atoms with Gasteiger partial charge in [-0.15, -0.1) is 0 Å². The maximum atomic E-state index is 12.8. The molecule has 0 aromatic heterocycles. The lowest BCUT2D eigenvalue weighted by Crippen LogP contribution is -2.29. The first kappa shape index (κ1) is 16.9. The van der Waals surface area contributed by atoms with E-state index in [1.54, 1.807) is 23.4 Å². The van der Waals surface area contributed by atoms with Gasteiger partial charge in [0.2, 0.25) is 10.0 Å². The molecule has 0 saturated carbocycles. The summed E-state index contributed by atoms with van der Waals surface area (Å²) >= 11 is 3.38. The number of hydrogen-bond acceptors (Lipinski definition) is 3. The van der Waals surface area contributed by atoms with E-state index in [2.05, 4.69) is 22.9 Å². The van der Waals surface area contributed by atoms with E-state index >= 15 is 0 Å². The van der Waals surface area contributed by atoms with Gasteiger partial charge in [0, 0.05) is 17.6 Å². The van der Waals surface area contributed by atoms with Crippen LogP contribution in [-0.4, -0.2) is 30.9 Å². The van der Waals surface area contributed by atoms with Gasteiger partial charge in [-0.05, 0) is 48.9 Å². The summed E-state index contributed by atoms with van der Waals surface area (Å²) in [5, 5.41) is 9.29. The number of rotatable bonds is 5. The smallest absolute Gasteiger partial charge is 0.243 e. The van der Waals surface area contributed by atoms with Crippen molar-refractivity contribution in [2.24, 2.45) is 5.92 Å². The monoisotopic (exact) mass is 375 g/mol. The Balaban J connectivity index is 2.34. The topological polar surface area (TPSA) is 57.6 Å². The highest BCUT2D eigenvalue weighted by molar-refractivity contribution is 9.10. The Kier molecular flexibility index (Phi) is 5.46. The van der Waals surface area contributed by atoms with E-state index in [-0.39, 0.29) is 6.61 Å². The van der Waals surface area contributed by atoms with Gasteiger partial charge in [-0.1, -0.05) is 29.3 Å². The Morgan fingerprint density at radius 2 is 2.14 bits per heavy atom. The van der Waals surface area contributed by atoms with Gasteiger partial charge in [-0.25, -0.2) is 8.42 Å². The molecule has 0 radical (unpaired) electrons. The average molecular weight is 376 g/mol. The molecule has 6 heteroatoms. The average Bonchev–Trinajstić information content (AvgIpc) is 2.91. The molecule has 1 aliphatic heterocycles. The standard InChI is InChI=1S/C15H22BrNO3S/c1-3-4-12-5-6-17(9-12)21(19,20)15-8-13(10-18)7-14(16)11(15)2/h7-8,12,18H,3-6,9-10H2,1-2H3. The third kappa shape index (κ3) is 3.50. The second-order valence-electron chi connectivity index (χ2n) is 5.67. The molecule has 21 heavy (non-hydrogen) atoms. The number of halogens is 1. The normalized spacial score (nSPS) is 20.1. The number of benzene rings is 1. The molecular formula is C15H22BrNO3S. The van der Waals surface area contributed by atoms with E-state index in [9.17, 15) is 13.5 Å². The second-order valence-corrected chi connectivity index (χ2v) is 8.43. The first-order valence-corrected chi connectivity index (χ1v) is 9.53. The fraction of sp³-hybridized carbons (Fsp3) is 0.600. The minimum Gasteiger partial charge on any atom is -0.392 e.